The van der Waals surface area contributed by atoms with Gasteiger partial charge in [0.2, 0.25) is 12.7 Å². The maximum atomic E-state index is 6.44. The summed E-state index contributed by atoms with van der Waals surface area (Å²) in [6.07, 6.45) is 2.42. The molecule has 5 rings (SSSR count). The van der Waals surface area contributed by atoms with Crippen LogP contribution in [0.4, 0.5) is 0 Å². The second kappa shape index (κ2) is 8.91. The fraction of sp³-hybridized carbons (Fsp3) is 0.375. The second-order valence-electron chi connectivity index (χ2n) is 8.00. The predicted octanol–water partition coefficient (Wildman–Crippen LogP) is 5.21. The molecule has 0 N–H and O–H groups in total. The third-order valence-electron chi connectivity index (χ3n) is 5.75. The first kappa shape index (κ1) is 20.4. The smallest absolute Gasteiger partial charge is 0.231 e. The largest absolute Gasteiger partial charge is 0.454 e. The molecule has 1 atom stereocenters. The predicted molar refractivity (Wildman–Crippen MR) is 117 cm³/mol. The van der Waals surface area contributed by atoms with Gasteiger partial charge >= 0.3 is 0 Å². The van der Waals surface area contributed by atoms with Gasteiger partial charge in [-0.2, -0.15) is 0 Å². The van der Waals surface area contributed by atoms with E-state index in [1.807, 2.05) is 31.2 Å². The lowest BCUT2D eigenvalue weighted by Crippen LogP contribution is -2.39. The van der Waals surface area contributed by atoms with Crippen molar-refractivity contribution in [2.75, 3.05) is 19.9 Å². The summed E-state index contributed by atoms with van der Waals surface area (Å²) >= 11 is 6.44. The fourth-order valence-electron chi connectivity index (χ4n) is 4.06. The highest BCUT2D eigenvalue weighted by Gasteiger charge is 2.24. The molecular weight excluding hydrogens is 416 g/mol. The van der Waals surface area contributed by atoms with Crippen molar-refractivity contribution < 1.29 is 18.6 Å². The minimum atomic E-state index is 0.202. The van der Waals surface area contributed by atoms with Crippen LogP contribution in [0.15, 0.2) is 46.9 Å². The molecule has 2 aliphatic heterocycles. The van der Waals surface area contributed by atoms with Crippen LogP contribution in [0.2, 0.25) is 5.02 Å². The van der Waals surface area contributed by atoms with Crippen molar-refractivity contribution in [2.24, 2.45) is 0 Å². The molecule has 0 unspecified atom stereocenters. The van der Waals surface area contributed by atoms with Gasteiger partial charge in [0.25, 0.3) is 0 Å². The molecule has 0 saturated carbocycles. The van der Waals surface area contributed by atoms with Crippen molar-refractivity contribution >= 4 is 11.6 Å². The highest BCUT2D eigenvalue weighted by atomic mass is 35.5. The number of likely N-dealkylation sites (tertiary alicyclic amines) is 1. The summed E-state index contributed by atoms with van der Waals surface area (Å²) in [5.41, 5.74) is 2.84. The van der Waals surface area contributed by atoms with E-state index >= 15 is 0 Å². The first-order chi connectivity index (χ1) is 15.2. The minimum Gasteiger partial charge on any atom is -0.454 e. The monoisotopic (exact) mass is 440 g/mol. The van der Waals surface area contributed by atoms with Crippen molar-refractivity contribution in [2.45, 2.75) is 39.0 Å². The summed E-state index contributed by atoms with van der Waals surface area (Å²) in [7, 11) is 0. The van der Waals surface area contributed by atoms with Crippen LogP contribution in [0.25, 0.3) is 11.5 Å². The second-order valence-corrected chi connectivity index (χ2v) is 8.41. The molecule has 0 bridgehead atoms. The Labute approximate surface area is 186 Å². The topological polar surface area (TPSA) is 57.0 Å². The normalized spacial score (nSPS) is 18.5. The Morgan fingerprint density at radius 3 is 2.81 bits per heavy atom. The van der Waals surface area contributed by atoms with Crippen LogP contribution in [-0.2, 0) is 17.9 Å². The summed E-state index contributed by atoms with van der Waals surface area (Å²) in [5, 5.41) is 0.532. The molecule has 162 valence electrons. The Balaban J connectivity index is 1.25. The molecule has 0 radical (unpaired) electrons. The van der Waals surface area contributed by atoms with E-state index in [2.05, 4.69) is 17.0 Å². The van der Waals surface area contributed by atoms with E-state index in [0.717, 1.165) is 43.9 Å². The van der Waals surface area contributed by atoms with E-state index in [0.29, 0.717) is 34.6 Å². The number of aromatic nitrogens is 1. The average molecular weight is 441 g/mol. The Hall–Kier alpha value is -2.54. The van der Waals surface area contributed by atoms with Crippen LogP contribution < -0.4 is 9.47 Å². The molecule has 1 fully saturated rings. The third-order valence-corrected chi connectivity index (χ3v) is 6.06. The summed E-state index contributed by atoms with van der Waals surface area (Å²) in [6.45, 7) is 5.43. The number of rotatable bonds is 6. The summed E-state index contributed by atoms with van der Waals surface area (Å²) in [6, 6.07) is 13.9. The van der Waals surface area contributed by atoms with Gasteiger partial charge < -0.3 is 18.6 Å². The number of piperidine rings is 1. The van der Waals surface area contributed by atoms with Gasteiger partial charge in [0.1, 0.15) is 5.76 Å². The van der Waals surface area contributed by atoms with Crippen LogP contribution >= 0.6 is 11.6 Å². The number of oxazole rings is 1. The van der Waals surface area contributed by atoms with Gasteiger partial charge in [-0.25, -0.2) is 4.98 Å². The first-order valence-corrected chi connectivity index (χ1v) is 11.0. The van der Waals surface area contributed by atoms with Crippen molar-refractivity contribution in [3.05, 3.63) is 64.5 Å². The maximum Gasteiger partial charge on any atom is 0.231 e. The van der Waals surface area contributed by atoms with E-state index in [-0.39, 0.29) is 12.9 Å². The first-order valence-electron chi connectivity index (χ1n) is 10.6. The molecule has 31 heavy (non-hydrogen) atoms. The molecule has 1 aromatic heterocycles. The van der Waals surface area contributed by atoms with Gasteiger partial charge in [-0.15, -0.1) is 0 Å². The number of ether oxygens (including phenoxy) is 3. The van der Waals surface area contributed by atoms with E-state index in [1.165, 1.54) is 5.56 Å². The zero-order chi connectivity index (χ0) is 21.2. The number of benzene rings is 2. The lowest BCUT2D eigenvalue weighted by molar-refractivity contribution is -0.0123. The number of hydrogen-bond acceptors (Lipinski definition) is 6. The van der Waals surface area contributed by atoms with Crippen LogP contribution in [0.3, 0.4) is 0 Å². The van der Waals surface area contributed by atoms with E-state index in [9.17, 15) is 0 Å². The number of nitrogens with zero attached hydrogens (tertiary/aromatic N) is 2. The number of fused-ring (bicyclic) bond motifs is 1. The molecule has 1 saturated heterocycles. The lowest BCUT2D eigenvalue weighted by atomic mass is 10.1. The number of hydrogen-bond donors (Lipinski definition) is 0. The zero-order valence-electron chi connectivity index (χ0n) is 17.5. The van der Waals surface area contributed by atoms with Crippen molar-refractivity contribution in [1.29, 1.82) is 0 Å². The molecule has 6 nitrogen and oxygen atoms in total. The summed E-state index contributed by atoms with van der Waals surface area (Å²) in [4.78, 5) is 7.13. The van der Waals surface area contributed by atoms with Gasteiger partial charge in [0.15, 0.2) is 11.5 Å². The third kappa shape index (κ3) is 4.56. The van der Waals surface area contributed by atoms with Gasteiger partial charge in [-0.05, 0) is 37.9 Å². The Kier molecular flexibility index (Phi) is 5.85. The van der Waals surface area contributed by atoms with Crippen molar-refractivity contribution in [1.82, 2.24) is 9.88 Å². The van der Waals surface area contributed by atoms with Crippen LogP contribution in [0, 0.1) is 6.92 Å². The molecule has 0 amide bonds. The number of aryl methyl sites for hydroxylation is 1. The van der Waals surface area contributed by atoms with E-state index in [1.54, 1.807) is 6.07 Å². The molecule has 3 heterocycles. The van der Waals surface area contributed by atoms with Crippen molar-refractivity contribution in [3.8, 4) is 23.0 Å². The molecule has 0 spiro atoms. The van der Waals surface area contributed by atoms with Crippen molar-refractivity contribution in [3.63, 3.8) is 0 Å². The quantitative estimate of drug-likeness (QED) is 0.524. The lowest BCUT2D eigenvalue weighted by Gasteiger charge is -2.32. The Morgan fingerprint density at radius 2 is 1.97 bits per heavy atom. The molecule has 7 heteroatoms. The minimum absolute atomic E-state index is 0.202. The highest BCUT2D eigenvalue weighted by molar-refractivity contribution is 6.33. The molecular formula is C24H25ClN2O4. The summed E-state index contributed by atoms with van der Waals surface area (Å²) in [5.74, 6) is 2.61. The van der Waals surface area contributed by atoms with Crippen LogP contribution in [0.1, 0.15) is 29.9 Å². The van der Waals surface area contributed by atoms with Gasteiger partial charge in [0.05, 0.1) is 29.0 Å². The Morgan fingerprint density at radius 1 is 1.16 bits per heavy atom. The molecule has 0 aliphatic carbocycles. The van der Waals surface area contributed by atoms with Gasteiger partial charge in [0, 0.05) is 19.2 Å². The van der Waals surface area contributed by atoms with E-state index in [4.69, 9.17) is 35.2 Å². The van der Waals surface area contributed by atoms with Gasteiger partial charge in [-0.3, -0.25) is 4.90 Å². The molecule has 2 aliphatic rings. The molecule has 3 aromatic rings. The molecule has 2 aromatic carbocycles. The van der Waals surface area contributed by atoms with Gasteiger partial charge in [-0.1, -0.05) is 41.9 Å². The summed E-state index contributed by atoms with van der Waals surface area (Å²) < 4.78 is 23.0. The highest BCUT2D eigenvalue weighted by Crippen LogP contribution is 2.41. The van der Waals surface area contributed by atoms with Crippen LogP contribution in [-0.4, -0.2) is 35.9 Å². The zero-order valence-corrected chi connectivity index (χ0v) is 18.2. The Bertz CT molecular complexity index is 1050. The standard InChI is InChI=1S/C24H25ClN2O4/c1-16-21(26-24(31-16)19-10-22-23(11-20(19)25)30-15-29-22)13-27-9-5-8-18(12-27)28-14-17-6-3-2-4-7-17/h2-4,6-7,10-11,18H,5,8-9,12-15H2,1H3/t18-/m0/s1. The number of halogens is 1. The fourth-order valence-corrected chi connectivity index (χ4v) is 4.30. The van der Waals surface area contributed by atoms with E-state index < -0.39 is 0 Å². The SMILES string of the molecule is Cc1oc(-c2cc3c(cc2Cl)OCO3)nc1CN1CCC[C@H](OCc2ccccc2)C1. The average Bonchev–Trinajstić information content (AvgIpc) is 3.38. The van der Waals surface area contributed by atoms with Crippen LogP contribution in [0.5, 0.6) is 11.5 Å². The maximum absolute atomic E-state index is 6.44.